The van der Waals surface area contributed by atoms with Gasteiger partial charge in [-0.1, -0.05) is 12.1 Å². The van der Waals surface area contributed by atoms with Crippen molar-refractivity contribution in [3.8, 4) is 5.75 Å². The molecule has 0 saturated heterocycles. The first-order chi connectivity index (χ1) is 12.2. The van der Waals surface area contributed by atoms with Crippen molar-refractivity contribution >= 4 is 33.3 Å². The number of methoxy groups -OCH3 is 1. The van der Waals surface area contributed by atoms with Gasteiger partial charge >= 0.3 is 0 Å². The highest BCUT2D eigenvalue weighted by molar-refractivity contribution is 6.03. The van der Waals surface area contributed by atoms with Gasteiger partial charge in [0, 0.05) is 45.9 Å². The van der Waals surface area contributed by atoms with Gasteiger partial charge in [-0.05, 0) is 24.3 Å². The van der Waals surface area contributed by atoms with Crippen LogP contribution in [0.2, 0.25) is 0 Å². The van der Waals surface area contributed by atoms with Crippen LogP contribution in [0.15, 0.2) is 65.5 Å². The normalized spacial score (nSPS) is 10.9. The van der Waals surface area contributed by atoms with E-state index in [1.165, 1.54) is 0 Å². The summed E-state index contributed by atoms with van der Waals surface area (Å²) in [4.78, 5) is 16.6. The van der Waals surface area contributed by atoms with E-state index in [1.54, 1.807) is 25.8 Å². The second kappa shape index (κ2) is 6.28. The number of hydrogen-bond donors (Lipinski definition) is 1. The van der Waals surface area contributed by atoms with Gasteiger partial charge < -0.3 is 14.5 Å². The first-order valence-electron chi connectivity index (χ1n) is 7.91. The highest BCUT2D eigenvalue weighted by atomic mass is 16.5. The zero-order chi connectivity index (χ0) is 17.2. The van der Waals surface area contributed by atoms with Crippen LogP contribution in [-0.2, 0) is 11.2 Å². The number of fused-ring (bicyclic) bond motifs is 2. The minimum Gasteiger partial charge on any atom is -0.497 e. The molecule has 0 saturated carbocycles. The zero-order valence-corrected chi connectivity index (χ0v) is 13.7. The Morgan fingerprint density at radius 3 is 3.00 bits per heavy atom. The van der Waals surface area contributed by atoms with E-state index in [9.17, 15) is 4.79 Å². The molecule has 5 heteroatoms. The van der Waals surface area contributed by atoms with E-state index in [1.807, 2.05) is 42.5 Å². The molecule has 4 aromatic rings. The van der Waals surface area contributed by atoms with Crippen LogP contribution >= 0.6 is 0 Å². The number of nitrogens with one attached hydrogen (secondary N) is 1. The minimum atomic E-state index is -0.0946. The number of carbonyl (C=O) groups excluding carboxylic acids is 1. The number of ether oxygens (including phenoxy) is 1. The molecule has 1 amide bonds. The minimum absolute atomic E-state index is 0.0946. The smallest absolute Gasteiger partial charge is 0.228 e. The Morgan fingerprint density at radius 2 is 2.12 bits per heavy atom. The number of anilines is 1. The largest absolute Gasteiger partial charge is 0.497 e. The number of carbonyl (C=O) groups is 1. The van der Waals surface area contributed by atoms with Crippen LogP contribution in [0.3, 0.4) is 0 Å². The number of benzene rings is 2. The molecule has 0 fully saturated rings. The van der Waals surface area contributed by atoms with Crippen LogP contribution in [0.5, 0.6) is 5.75 Å². The fraction of sp³-hybridized carbons (Fsp3) is 0.100. The van der Waals surface area contributed by atoms with Gasteiger partial charge in [-0.3, -0.25) is 9.78 Å². The molecule has 0 aliphatic heterocycles. The summed E-state index contributed by atoms with van der Waals surface area (Å²) in [5.41, 5.74) is 2.33. The molecule has 0 aliphatic rings. The lowest BCUT2D eigenvalue weighted by molar-refractivity contribution is -0.115. The molecule has 0 aliphatic carbocycles. The second-order valence-electron chi connectivity index (χ2n) is 5.75. The number of rotatable bonds is 4. The van der Waals surface area contributed by atoms with Gasteiger partial charge in [-0.2, -0.15) is 0 Å². The molecule has 25 heavy (non-hydrogen) atoms. The molecule has 5 nitrogen and oxygen atoms in total. The third-order valence-corrected chi connectivity index (χ3v) is 4.17. The fourth-order valence-corrected chi connectivity index (χ4v) is 2.93. The summed E-state index contributed by atoms with van der Waals surface area (Å²) >= 11 is 0. The number of furan rings is 1. The Hall–Kier alpha value is -3.34. The van der Waals surface area contributed by atoms with Gasteiger partial charge in [-0.25, -0.2) is 0 Å². The molecular weight excluding hydrogens is 316 g/mol. The van der Waals surface area contributed by atoms with Crippen molar-refractivity contribution < 1.29 is 13.9 Å². The van der Waals surface area contributed by atoms with Crippen LogP contribution in [0.4, 0.5) is 5.69 Å². The van der Waals surface area contributed by atoms with Crippen LogP contribution in [0.1, 0.15) is 5.56 Å². The predicted octanol–water partition coefficient (Wildman–Crippen LogP) is 4.17. The summed E-state index contributed by atoms with van der Waals surface area (Å²) in [6.07, 6.45) is 5.36. The monoisotopic (exact) mass is 332 g/mol. The van der Waals surface area contributed by atoms with Gasteiger partial charge in [0.2, 0.25) is 5.91 Å². The van der Waals surface area contributed by atoms with Crippen molar-refractivity contribution in [2.75, 3.05) is 12.4 Å². The molecule has 2 heterocycles. The molecule has 0 unspecified atom stereocenters. The zero-order valence-electron chi connectivity index (χ0n) is 13.7. The highest BCUT2D eigenvalue weighted by Crippen LogP contribution is 2.27. The molecule has 2 aromatic carbocycles. The van der Waals surface area contributed by atoms with Crippen molar-refractivity contribution in [3.05, 3.63) is 66.7 Å². The summed E-state index contributed by atoms with van der Waals surface area (Å²) in [5.74, 6) is 0.630. The second-order valence-corrected chi connectivity index (χ2v) is 5.75. The lowest BCUT2D eigenvalue weighted by Crippen LogP contribution is -2.14. The van der Waals surface area contributed by atoms with Gasteiger partial charge in [0.05, 0.1) is 19.8 Å². The highest BCUT2D eigenvalue weighted by Gasteiger charge is 2.12. The van der Waals surface area contributed by atoms with Crippen molar-refractivity contribution in [1.82, 2.24) is 4.98 Å². The Morgan fingerprint density at radius 1 is 1.20 bits per heavy atom. The van der Waals surface area contributed by atoms with Gasteiger partial charge in [0.25, 0.3) is 0 Å². The first kappa shape index (κ1) is 15.2. The van der Waals surface area contributed by atoms with Crippen LogP contribution in [0.25, 0.3) is 21.7 Å². The maximum absolute atomic E-state index is 12.5. The van der Waals surface area contributed by atoms with E-state index >= 15 is 0 Å². The van der Waals surface area contributed by atoms with E-state index in [4.69, 9.17) is 9.15 Å². The summed E-state index contributed by atoms with van der Waals surface area (Å²) in [6, 6.07) is 13.2. The molecular formula is C20H16N2O3. The number of hydrogen-bond acceptors (Lipinski definition) is 4. The molecule has 2 aromatic heterocycles. The SMILES string of the molecule is COc1ccc2c(CC(=O)Nc3cccc4cnccc34)coc2c1. The van der Waals surface area contributed by atoms with Crippen molar-refractivity contribution in [2.24, 2.45) is 0 Å². The lowest BCUT2D eigenvalue weighted by Gasteiger charge is -2.08. The van der Waals surface area contributed by atoms with E-state index in [-0.39, 0.29) is 12.3 Å². The number of nitrogens with zero attached hydrogens (tertiary/aromatic N) is 1. The fourth-order valence-electron chi connectivity index (χ4n) is 2.93. The maximum atomic E-state index is 12.5. The summed E-state index contributed by atoms with van der Waals surface area (Å²) < 4.78 is 10.7. The number of amides is 1. The molecule has 4 rings (SSSR count). The Balaban J connectivity index is 1.58. The van der Waals surface area contributed by atoms with E-state index < -0.39 is 0 Å². The van der Waals surface area contributed by atoms with Crippen molar-refractivity contribution in [1.29, 1.82) is 0 Å². The third-order valence-electron chi connectivity index (χ3n) is 4.17. The first-order valence-corrected chi connectivity index (χ1v) is 7.91. The maximum Gasteiger partial charge on any atom is 0.228 e. The summed E-state index contributed by atoms with van der Waals surface area (Å²) in [7, 11) is 1.61. The Labute approximate surface area is 144 Å². The topological polar surface area (TPSA) is 64.4 Å². The summed E-state index contributed by atoms with van der Waals surface area (Å²) in [5, 5.41) is 5.84. The number of aromatic nitrogens is 1. The average Bonchev–Trinajstić information content (AvgIpc) is 3.04. The molecule has 124 valence electrons. The predicted molar refractivity (Wildman–Crippen MR) is 96.8 cm³/mol. The Bertz CT molecular complexity index is 1060. The standard InChI is InChI=1S/C20H16N2O3/c1-24-15-5-6-17-14(12-25-19(17)10-15)9-20(23)22-18-4-2-3-13-11-21-8-7-16(13)18/h2-8,10-12H,9H2,1H3,(H,22,23). The van der Waals surface area contributed by atoms with E-state index in [2.05, 4.69) is 10.3 Å². The number of pyridine rings is 1. The average molecular weight is 332 g/mol. The van der Waals surface area contributed by atoms with Crippen molar-refractivity contribution in [2.45, 2.75) is 6.42 Å². The van der Waals surface area contributed by atoms with Crippen LogP contribution in [0, 0.1) is 0 Å². The molecule has 0 spiro atoms. The van der Waals surface area contributed by atoms with Gasteiger partial charge in [0.15, 0.2) is 0 Å². The van der Waals surface area contributed by atoms with E-state index in [0.29, 0.717) is 5.58 Å². The quantitative estimate of drug-likeness (QED) is 0.609. The third kappa shape index (κ3) is 2.92. The van der Waals surface area contributed by atoms with Gasteiger partial charge in [-0.15, -0.1) is 0 Å². The Kier molecular flexibility index (Phi) is 3.82. The van der Waals surface area contributed by atoms with Crippen LogP contribution < -0.4 is 10.1 Å². The molecule has 0 bridgehead atoms. The lowest BCUT2D eigenvalue weighted by atomic mass is 10.1. The molecule has 0 atom stereocenters. The molecule has 0 radical (unpaired) electrons. The van der Waals surface area contributed by atoms with Crippen molar-refractivity contribution in [3.63, 3.8) is 0 Å². The van der Waals surface area contributed by atoms with E-state index in [0.717, 1.165) is 33.2 Å². The molecule has 1 N–H and O–H groups in total. The van der Waals surface area contributed by atoms with Gasteiger partial charge in [0.1, 0.15) is 11.3 Å². The summed E-state index contributed by atoms with van der Waals surface area (Å²) in [6.45, 7) is 0. The van der Waals surface area contributed by atoms with Crippen LogP contribution in [-0.4, -0.2) is 18.0 Å².